The van der Waals surface area contributed by atoms with Gasteiger partial charge in [0, 0.05) is 11.3 Å². The summed E-state index contributed by atoms with van der Waals surface area (Å²) in [5, 5.41) is 21.0. The lowest BCUT2D eigenvalue weighted by molar-refractivity contribution is -0.137. The van der Waals surface area contributed by atoms with Gasteiger partial charge in [-0.15, -0.1) is 5.10 Å². The van der Waals surface area contributed by atoms with Crippen molar-refractivity contribution < 1.29 is 18.3 Å². The van der Waals surface area contributed by atoms with E-state index in [0.29, 0.717) is 5.56 Å². The van der Waals surface area contributed by atoms with Crippen LogP contribution in [0.2, 0.25) is 5.02 Å². The Morgan fingerprint density at radius 1 is 1.21 bits per heavy atom. The molecule has 0 bridgehead atoms. The summed E-state index contributed by atoms with van der Waals surface area (Å²) in [5.41, 5.74) is 5.15. The van der Waals surface area contributed by atoms with Crippen LogP contribution in [0, 0.1) is 0 Å². The maximum Gasteiger partial charge on any atom is 0.417 e. The number of hydrogen-bond acceptors (Lipinski definition) is 6. The predicted octanol–water partition coefficient (Wildman–Crippen LogP) is 3.68. The first-order valence-corrected chi connectivity index (χ1v) is 8.38. The minimum Gasteiger partial charge on any atom is -0.374 e. The van der Waals surface area contributed by atoms with Crippen LogP contribution in [0.15, 0.2) is 36.4 Å². The zero-order chi connectivity index (χ0) is 20.5. The normalized spacial score (nSPS) is 12.8. The second kappa shape index (κ2) is 7.66. The van der Waals surface area contributed by atoms with Crippen LogP contribution in [-0.2, 0) is 6.18 Å². The van der Waals surface area contributed by atoms with Crippen molar-refractivity contribution in [2.24, 2.45) is 0 Å². The summed E-state index contributed by atoms with van der Waals surface area (Å²) in [6.07, 6.45) is -5.58. The largest absolute Gasteiger partial charge is 0.417 e. The number of alkyl halides is 3. The molecule has 7 nitrogen and oxygen atoms in total. The third kappa shape index (κ3) is 4.19. The molecule has 0 radical (unpaired) electrons. The Balaban J connectivity index is 2.05. The first-order chi connectivity index (χ1) is 13.2. The van der Waals surface area contributed by atoms with Gasteiger partial charge in [0.25, 0.3) is 0 Å². The Morgan fingerprint density at radius 2 is 1.89 bits per heavy atom. The van der Waals surface area contributed by atoms with Crippen LogP contribution in [0.25, 0.3) is 11.1 Å². The highest BCUT2D eigenvalue weighted by molar-refractivity contribution is 6.33. The number of nitrogens with one attached hydrogen (secondary N) is 3. The van der Waals surface area contributed by atoms with Crippen molar-refractivity contribution in [1.82, 2.24) is 20.5 Å². The number of nitrogens with two attached hydrogens (primary N) is 1. The first-order valence-electron chi connectivity index (χ1n) is 8.00. The monoisotopic (exact) mass is 412 g/mol. The molecule has 11 heteroatoms. The van der Waals surface area contributed by atoms with Gasteiger partial charge in [-0.05, 0) is 30.3 Å². The van der Waals surface area contributed by atoms with Crippen molar-refractivity contribution in [2.45, 2.75) is 12.4 Å². The molecule has 0 fully saturated rings. The Hall–Kier alpha value is -2.82. The molecule has 1 atom stereocenters. The Labute approximate surface area is 162 Å². The molecular formula is C17H16ClF3N6O. The van der Waals surface area contributed by atoms with E-state index in [-0.39, 0.29) is 33.7 Å². The molecule has 0 aliphatic heterocycles. The number of rotatable bonds is 5. The smallest absolute Gasteiger partial charge is 0.374 e. The fourth-order valence-corrected chi connectivity index (χ4v) is 2.98. The second-order valence-electron chi connectivity index (χ2n) is 5.86. The Kier molecular flexibility index (Phi) is 5.45. The molecule has 1 unspecified atom stereocenters. The van der Waals surface area contributed by atoms with Gasteiger partial charge in [0.15, 0.2) is 0 Å². The van der Waals surface area contributed by atoms with Gasteiger partial charge in [0.2, 0.25) is 11.9 Å². The van der Waals surface area contributed by atoms with Gasteiger partial charge in [-0.25, -0.2) is 5.10 Å². The molecule has 3 aromatic rings. The highest BCUT2D eigenvalue weighted by Crippen LogP contribution is 2.43. The van der Waals surface area contributed by atoms with Gasteiger partial charge in [-0.1, -0.05) is 35.9 Å². The summed E-state index contributed by atoms with van der Waals surface area (Å²) < 4.78 is 41.1. The quantitative estimate of drug-likeness (QED) is 0.409. The molecule has 28 heavy (non-hydrogen) atoms. The standard InChI is InChI=1S/C17H16ClF3N6O/c1-23-14(28)9-4-2-8(3-5-9)13-11(17(19,20)21)6-10(7-12(13)18)24-16-25-15(22)26-27-16/h2-7,14,23,28H,1H3,(H4,22,24,25,26,27). The molecule has 0 aliphatic rings. The molecule has 0 amide bonds. The summed E-state index contributed by atoms with van der Waals surface area (Å²) >= 11 is 6.20. The Morgan fingerprint density at radius 3 is 2.43 bits per heavy atom. The summed E-state index contributed by atoms with van der Waals surface area (Å²) in [5.74, 6) is 0.0324. The fraction of sp³-hybridized carbons (Fsp3) is 0.176. The lowest BCUT2D eigenvalue weighted by Crippen LogP contribution is -2.15. The molecule has 148 valence electrons. The highest BCUT2D eigenvalue weighted by Gasteiger charge is 2.35. The highest BCUT2D eigenvalue weighted by atomic mass is 35.5. The van der Waals surface area contributed by atoms with Crippen molar-refractivity contribution in [1.29, 1.82) is 0 Å². The number of aliphatic hydroxyl groups excluding tert-OH is 1. The maximum absolute atomic E-state index is 13.7. The van der Waals surface area contributed by atoms with E-state index in [0.717, 1.165) is 6.07 Å². The average molecular weight is 413 g/mol. The number of benzene rings is 2. The number of anilines is 3. The second-order valence-corrected chi connectivity index (χ2v) is 6.27. The molecular weight excluding hydrogens is 397 g/mol. The number of halogens is 4. The lowest BCUT2D eigenvalue weighted by atomic mass is 9.97. The minimum absolute atomic E-state index is 0.0137. The molecule has 3 rings (SSSR count). The minimum atomic E-state index is -4.65. The number of nitrogen functional groups attached to an aromatic ring is 1. The van der Waals surface area contributed by atoms with E-state index in [1.807, 2.05) is 0 Å². The van der Waals surface area contributed by atoms with E-state index in [4.69, 9.17) is 17.3 Å². The summed E-state index contributed by atoms with van der Waals surface area (Å²) in [7, 11) is 1.56. The van der Waals surface area contributed by atoms with E-state index < -0.39 is 18.0 Å². The summed E-state index contributed by atoms with van der Waals surface area (Å²) in [6, 6.07) is 8.25. The number of H-pyrrole nitrogens is 1. The molecule has 6 N–H and O–H groups in total. The number of aromatic nitrogens is 3. The van der Waals surface area contributed by atoms with Crippen LogP contribution >= 0.6 is 11.6 Å². The van der Waals surface area contributed by atoms with Crippen LogP contribution in [0.3, 0.4) is 0 Å². The number of aliphatic hydroxyl groups is 1. The molecule has 1 aromatic heterocycles. The topological polar surface area (TPSA) is 112 Å². The molecule has 1 heterocycles. The van der Waals surface area contributed by atoms with Crippen LogP contribution in [-0.4, -0.2) is 27.3 Å². The fourth-order valence-electron chi connectivity index (χ4n) is 2.65. The lowest BCUT2D eigenvalue weighted by Gasteiger charge is -2.17. The predicted molar refractivity (Wildman–Crippen MR) is 100.0 cm³/mol. The van der Waals surface area contributed by atoms with Crippen LogP contribution in [0.4, 0.5) is 30.8 Å². The molecule has 0 aliphatic carbocycles. The van der Waals surface area contributed by atoms with Crippen molar-refractivity contribution in [3.8, 4) is 11.1 Å². The molecule has 2 aromatic carbocycles. The van der Waals surface area contributed by atoms with Crippen LogP contribution < -0.4 is 16.4 Å². The number of aromatic amines is 1. The first kappa shape index (κ1) is 19.9. The van der Waals surface area contributed by atoms with Crippen LogP contribution in [0.5, 0.6) is 0 Å². The average Bonchev–Trinajstić information content (AvgIpc) is 3.05. The zero-order valence-electron chi connectivity index (χ0n) is 14.5. The molecule has 0 saturated carbocycles. The maximum atomic E-state index is 13.7. The number of nitrogens with zero attached hydrogens (tertiary/aromatic N) is 2. The number of hydrogen-bond donors (Lipinski definition) is 5. The van der Waals surface area contributed by atoms with Gasteiger partial charge in [0.05, 0.1) is 10.6 Å². The van der Waals surface area contributed by atoms with E-state index in [2.05, 4.69) is 25.8 Å². The van der Waals surface area contributed by atoms with Gasteiger partial charge in [-0.2, -0.15) is 18.2 Å². The SMILES string of the molecule is CNC(O)c1ccc(-c2c(Cl)cc(Nc3n[nH]c(N)n3)cc2C(F)(F)F)cc1. The van der Waals surface area contributed by atoms with Gasteiger partial charge in [0.1, 0.15) is 6.23 Å². The van der Waals surface area contributed by atoms with Crippen LogP contribution in [0.1, 0.15) is 17.4 Å². The molecule has 0 saturated heterocycles. The summed E-state index contributed by atoms with van der Waals surface area (Å²) in [4.78, 5) is 3.79. The van der Waals surface area contributed by atoms with Gasteiger partial charge >= 0.3 is 6.18 Å². The van der Waals surface area contributed by atoms with E-state index in [9.17, 15) is 18.3 Å². The third-order valence-corrected chi connectivity index (χ3v) is 4.24. The Bertz CT molecular complexity index is 974. The van der Waals surface area contributed by atoms with Crippen molar-refractivity contribution >= 4 is 29.2 Å². The molecule has 0 spiro atoms. The zero-order valence-corrected chi connectivity index (χ0v) is 15.2. The van der Waals surface area contributed by atoms with Crippen molar-refractivity contribution in [2.75, 3.05) is 18.1 Å². The van der Waals surface area contributed by atoms with E-state index >= 15 is 0 Å². The van der Waals surface area contributed by atoms with Crippen molar-refractivity contribution in [3.63, 3.8) is 0 Å². The third-order valence-electron chi connectivity index (χ3n) is 3.94. The van der Waals surface area contributed by atoms with Crippen molar-refractivity contribution in [3.05, 3.63) is 52.5 Å². The van der Waals surface area contributed by atoms with E-state index in [1.54, 1.807) is 7.05 Å². The van der Waals surface area contributed by atoms with Gasteiger partial charge < -0.3 is 16.2 Å². The van der Waals surface area contributed by atoms with E-state index in [1.165, 1.54) is 30.3 Å². The summed E-state index contributed by atoms with van der Waals surface area (Å²) in [6.45, 7) is 0. The van der Waals surface area contributed by atoms with Gasteiger partial charge in [-0.3, -0.25) is 5.32 Å².